The first-order chi connectivity index (χ1) is 12.5. The van der Waals surface area contributed by atoms with Gasteiger partial charge in [-0.1, -0.05) is 18.2 Å². The van der Waals surface area contributed by atoms with Gasteiger partial charge in [0, 0.05) is 14.5 Å². The summed E-state index contributed by atoms with van der Waals surface area (Å²) in [5.74, 6) is 0.0428. The van der Waals surface area contributed by atoms with Crippen LogP contribution >= 0.6 is 43.6 Å². The topological polar surface area (TPSA) is 70.9 Å². The molecule has 8 heteroatoms. The molecule has 0 saturated carbocycles. The first-order valence-electron chi connectivity index (χ1n) is 7.68. The van der Waals surface area contributed by atoms with Crippen LogP contribution in [0.1, 0.15) is 12.5 Å². The van der Waals surface area contributed by atoms with Crippen molar-refractivity contribution in [1.82, 2.24) is 5.32 Å². The van der Waals surface area contributed by atoms with Gasteiger partial charge in [-0.3, -0.25) is 4.79 Å². The molecule has 1 heterocycles. The number of aromatic hydroxyl groups is 1. The van der Waals surface area contributed by atoms with Gasteiger partial charge in [0.05, 0.1) is 17.2 Å². The van der Waals surface area contributed by atoms with Crippen molar-refractivity contribution in [2.75, 3.05) is 6.61 Å². The molecular weight excluding hydrogens is 484 g/mol. The normalized spacial score (nSPS) is 17.0. The van der Waals surface area contributed by atoms with Gasteiger partial charge in [0.1, 0.15) is 0 Å². The highest BCUT2D eigenvalue weighted by Crippen LogP contribution is 2.43. The number of hydrogen-bond acceptors (Lipinski definition) is 5. The number of ether oxygens (including phenoxy) is 1. The zero-order chi connectivity index (χ0) is 18.7. The number of halogens is 2. The molecule has 2 aromatic rings. The number of para-hydroxylation sites is 1. The van der Waals surface area contributed by atoms with Gasteiger partial charge in [-0.15, -0.1) is 0 Å². The van der Waals surface area contributed by atoms with Crippen molar-refractivity contribution < 1.29 is 14.6 Å². The van der Waals surface area contributed by atoms with Gasteiger partial charge in [-0.2, -0.15) is 0 Å². The van der Waals surface area contributed by atoms with E-state index in [1.165, 1.54) is 11.8 Å². The number of phenolic OH excluding ortho intramolecular Hbond substituents is 1. The molecule has 1 fully saturated rings. The van der Waals surface area contributed by atoms with Crippen LogP contribution in [0.2, 0.25) is 0 Å². The summed E-state index contributed by atoms with van der Waals surface area (Å²) in [5, 5.41) is 13.7. The van der Waals surface area contributed by atoms with E-state index >= 15 is 0 Å². The number of carbonyl (C=O) groups excluding carboxylic acids is 1. The van der Waals surface area contributed by atoms with E-state index in [2.05, 4.69) is 42.2 Å². The van der Waals surface area contributed by atoms with E-state index in [4.69, 9.17) is 4.74 Å². The van der Waals surface area contributed by atoms with Crippen LogP contribution in [0.4, 0.5) is 5.69 Å². The van der Waals surface area contributed by atoms with Gasteiger partial charge in [0.25, 0.3) is 5.91 Å². The molecule has 134 valence electrons. The average Bonchev–Trinajstić information content (AvgIpc) is 2.96. The summed E-state index contributed by atoms with van der Waals surface area (Å²) in [6, 6.07) is 11.0. The number of phenols is 1. The zero-order valence-electron chi connectivity index (χ0n) is 13.6. The van der Waals surface area contributed by atoms with Crippen molar-refractivity contribution in [3.05, 3.63) is 55.8 Å². The molecule has 0 atom stereocenters. The van der Waals surface area contributed by atoms with Crippen molar-refractivity contribution in [3.8, 4) is 11.5 Å². The summed E-state index contributed by atoms with van der Waals surface area (Å²) in [6.45, 7) is 2.25. The molecule has 2 aromatic carbocycles. The predicted molar refractivity (Wildman–Crippen MR) is 112 cm³/mol. The summed E-state index contributed by atoms with van der Waals surface area (Å²) < 4.78 is 6.79. The van der Waals surface area contributed by atoms with Crippen LogP contribution in [-0.2, 0) is 4.79 Å². The highest BCUT2D eigenvalue weighted by molar-refractivity contribution is 9.13. The lowest BCUT2D eigenvalue weighted by Gasteiger charge is -2.11. The minimum absolute atomic E-state index is 0.0312. The molecule has 3 rings (SSSR count). The Morgan fingerprint density at radius 2 is 2.04 bits per heavy atom. The van der Waals surface area contributed by atoms with E-state index in [9.17, 15) is 9.90 Å². The third kappa shape index (κ3) is 4.13. The molecule has 1 amide bonds. The monoisotopic (exact) mass is 496 g/mol. The van der Waals surface area contributed by atoms with E-state index < -0.39 is 0 Å². The summed E-state index contributed by atoms with van der Waals surface area (Å²) in [5.41, 5.74) is 1.21. The third-order valence-electron chi connectivity index (χ3n) is 3.41. The van der Waals surface area contributed by atoms with Crippen LogP contribution in [0.15, 0.2) is 55.2 Å². The zero-order valence-corrected chi connectivity index (χ0v) is 17.6. The van der Waals surface area contributed by atoms with E-state index in [0.717, 1.165) is 5.69 Å². The second-order valence-electron chi connectivity index (χ2n) is 5.18. The van der Waals surface area contributed by atoms with Crippen LogP contribution in [0.5, 0.6) is 11.5 Å². The van der Waals surface area contributed by atoms with Gasteiger partial charge in [0.2, 0.25) is 0 Å². The Kier molecular flexibility index (Phi) is 6.05. The maximum Gasteiger partial charge on any atom is 0.264 e. The number of amidine groups is 1. The quantitative estimate of drug-likeness (QED) is 0.569. The van der Waals surface area contributed by atoms with E-state index in [-0.39, 0.29) is 11.7 Å². The van der Waals surface area contributed by atoms with Crippen LogP contribution in [0.25, 0.3) is 6.08 Å². The fourth-order valence-electron chi connectivity index (χ4n) is 2.24. The Balaban J connectivity index is 1.96. The largest absolute Gasteiger partial charge is 0.504 e. The smallest absolute Gasteiger partial charge is 0.264 e. The average molecular weight is 498 g/mol. The number of nitrogens with zero attached hydrogens (tertiary/aromatic N) is 1. The highest BCUT2D eigenvalue weighted by atomic mass is 79.9. The Bertz CT molecular complexity index is 914. The third-order valence-corrected chi connectivity index (χ3v) is 6.33. The number of amides is 1. The molecule has 0 aromatic heterocycles. The first kappa shape index (κ1) is 19.0. The molecule has 1 aliphatic rings. The van der Waals surface area contributed by atoms with Gasteiger partial charge < -0.3 is 15.2 Å². The maximum absolute atomic E-state index is 12.3. The van der Waals surface area contributed by atoms with Crippen LogP contribution in [-0.4, -0.2) is 22.8 Å². The predicted octanol–water partition coefficient (Wildman–Crippen LogP) is 5.21. The number of thioether (sulfide) groups is 1. The highest BCUT2D eigenvalue weighted by Gasteiger charge is 2.25. The summed E-state index contributed by atoms with van der Waals surface area (Å²) >= 11 is 8.07. The molecule has 26 heavy (non-hydrogen) atoms. The number of aliphatic imine (C=N–C) groups is 1. The number of carbonyl (C=O) groups is 1. The lowest BCUT2D eigenvalue weighted by atomic mass is 10.1. The lowest BCUT2D eigenvalue weighted by Crippen LogP contribution is -2.19. The molecule has 5 nitrogen and oxygen atoms in total. The first-order valence-corrected chi connectivity index (χ1v) is 10.1. The van der Waals surface area contributed by atoms with E-state index in [0.29, 0.717) is 36.9 Å². The molecule has 1 saturated heterocycles. The fraction of sp³-hybridized carbons (Fsp3) is 0.111. The molecule has 1 aliphatic heterocycles. The Morgan fingerprint density at radius 1 is 1.31 bits per heavy atom. The minimum atomic E-state index is -0.270. The summed E-state index contributed by atoms with van der Waals surface area (Å²) in [7, 11) is 0. The summed E-state index contributed by atoms with van der Waals surface area (Å²) in [6.07, 6.45) is 1.61. The van der Waals surface area contributed by atoms with Gasteiger partial charge in [0.15, 0.2) is 16.7 Å². The van der Waals surface area contributed by atoms with Crippen LogP contribution in [0, 0.1) is 0 Å². The second-order valence-corrected chi connectivity index (χ2v) is 7.86. The SMILES string of the molecule is CCOc1cc(Br)c(Br)c(/C=C2/SC(=Nc3ccccc3)NC2=O)c1O. The van der Waals surface area contributed by atoms with E-state index in [1.54, 1.807) is 12.1 Å². The van der Waals surface area contributed by atoms with Crippen LogP contribution in [0.3, 0.4) is 0 Å². The van der Waals surface area contributed by atoms with Crippen molar-refractivity contribution in [2.24, 2.45) is 4.99 Å². The maximum atomic E-state index is 12.3. The number of hydrogen-bond donors (Lipinski definition) is 2. The summed E-state index contributed by atoms with van der Waals surface area (Å²) in [4.78, 5) is 17.1. The Labute approximate surface area is 171 Å². The van der Waals surface area contributed by atoms with Crippen molar-refractivity contribution in [1.29, 1.82) is 0 Å². The molecule has 0 spiro atoms. The molecule has 0 bridgehead atoms. The number of nitrogens with one attached hydrogen (secondary N) is 1. The van der Waals surface area contributed by atoms with Gasteiger partial charge in [-0.25, -0.2) is 4.99 Å². The molecule has 0 aliphatic carbocycles. The number of rotatable bonds is 4. The number of benzene rings is 2. The van der Waals surface area contributed by atoms with Crippen molar-refractivity contribution in [3.63, 3.8) is 0 Å². The minimum Gasteiger partial charge on any atom is -0.504 e. The fourth-order valence-corrected chi connectivity index (χ4v) is 3.90. The Hall–Kier alpha value is -1.77. The molecule has 0 radical (unpaired) electrons. The Morgan fingerprint density at radius 3 is 2.73 bits per heavy atom. The molecule has 0 unspecified atom stereocenters. The lowest BCUT2D eigenvalue weighted by molar-refractivity contribution is -0.115. The second kappa shape index (κ2) is 8.28. The van der Waals surface area contributed by atoms with Crippen molar-refractivity contribution in [2.45, 2.75) is 6.92 Å². The van der Waals surface area contributed by atoms with Crippen molar-refractivity contribution >= 4 is 66.5 Å². The van der Waals surface area contributed by atoms with Crippen LogP contribution < -0.4 is 10.1 Å². The van der Waals surface area contributed by atoms with Gasteiger partial charge in [-0.05, 0) is 74.8 Å². The van der Waals surface area contributed by atoms with E-state index in [1.807, 2.05) is 37.3 Å². The standard InChI is InChI=1S/C18H14Br2N2O3S/c1-2-25-13-9-12(19)15(20)11(16(13)23)8-14-17(24)22-18(26-14)21-10-6-4-3-5-7-10/h3-9,23H,2H2,1H3,(H,21,22,24)/b14-8+. The molecular formula is C18H14Br2N2O3S. The van der Waals surface area contributed by atoms with Gasteiger partial charge >= 0.3 is 0 Å². The molecule has 2 N–H and O–H groups in total.